The van der Waals surface area contributed by atoms with E-state index in [9.17, 15) is 9.59 Å². The lowest BCUT2D eigenvalue weighted by Gasteiger charge is -2.20. The molecule has 6 nitrogen and oxygen atoms in total. The third kappa shape index (κ3) is 4.62. The largest absolute Gasteiger partial charge is 0.464 e. The van der Waals surface area contributed by atoms with E-state index in [0.29, 0.717) is 5.76 Å². The van der Waals surface area contributed by atoms with Crippen molar-refractivity contribution in [3.63, 3.8) is 0 Å². The van der Waals surface area contributed by atoms with Crippen LogP contribution in [0.3, 0.4) is 0 Å². The highest BCUT2D eigenvalue weighted by molar-refractivity contribution is 5.79. The molecule has 2 unspecified atom stereocenters. The molecule has 4 N–H and O–H groups in total. The summed E-state index contributed by atoms with van der Waals surface area (Å²) < 4.78 is 5.51. The summed E-state index contributed by atoms with van der Waals surface area (Å²) in [5, 5.41) is 5.52. The van der Waals surface area contributed by atoms with E-state index in [2.05, 4.69) is 10.6 Å². The molecule has 0 radical (unpaired) electrons. The lowest BCUT2D eigenvalue weighted by atomic mass is 9.98. The zero-order valence-electron chi connectivity index (χ0n) is 14.1. The van der Waals surface area contributed by atoms with Crippen LogP contribution in [0.25, 0.3) is 0 Å². The number of hydrogen-bond acceptors (Lipinski definition) is 3. The van der Waals surface area contributed by atoms with E-state index in [0.717, 1.165) is 16.9 Å². The van der Waals surface area contributed by atoms with Crippen molar-refractivity contribution in [3.05, 3.63) is 59.0 Å². The summed E-state index contributed by atoms with van der Waals surface area (Å²) in [6.07, 6.45) is 0.0951. The first-order chi connectivity index (χ1) is 11.4. The third-order valence-electron chi connectivity index (χ3n) is 3.84. The van der Waals surface area contributed by atoms with Crippen molar-refractivity contribution >= 4 is 11.9 Å². The number of aryl methyl sites for hydroxylation is 2. The molecule has 0 saturated heterocycles. The summed E-state index contributed by atoms with van der Waals surface area (Å²) in [4.78, 5) is 23.7. The van der Waals surface area contributed by atoms with Crippen LogP contribution in [0, 0.1) is 13.8 Å². The van der Waals surface area contributed by atoms with Gasteiger partial charge in [0.05, 0.1) is 18.5 Å². The van der Waals surface area contributed by atoms with Crippen molar-refractivity contribution in [2.75, 3.05) is 0 Å². The molecular weight excluding hydrogens is 306 g/mol. The van der Waals surface area contributed by atoms with Gasteiger partial charge in [-0.3, -0.25) is 4.79 Å². The maximum atomic E-state index is 12.4. The number of hydrogen-bond donors (Lipinski definition) is 3. The maximum Gasteiger partial charge on any atom is 0.312 e. The fourth-order valence-corrected chi connectivity index (χ4v) is 2.63. The number of carbonyl (C=O) groups is 2. The van der Waals surface area contributed by atoms with Gasteiger partial charge in [0, 0.05) is 0 Å². The third-order valence-corrected chi connectivity index (χ3v) is 3.84. The Morgan fingerprint density at radius 3 is 2.42 bits per heavy atom. The van der Waals surface area contributed by atoms with Crippen LogP contribution in [0.4, 0.5) is 4.79 Å². The van der Waals surface area contributed by atoms with Gasteiger partial charge in [-0.05, 0) is 44.0 Å². The first-order valence-corrected chi connectivity index (χ1v) is 7.84. The second kappa shape index (κ2) is 7.68. The number of carbonyl (C=O) groups excluding carboxylic acids is 2. The van der Waals surface area contributed by atoms with Gasteiger partial charge in [-0.2, -0.15) is 0 Å². The zero-order valence-corrected chi connectivity index (χ0v) is 14.1. The molecule has 2 aromatic rings. The van der Waals surface area contributed by atoms with Gasteiger partial charge in [-0.25, -0.2) is 4.79 Å². The van der Waals surface area contributed by atoms with Gasteiger partial charge in [0.2, 0.25) is 5.91 Å². The number of amides is 3. The maximum absolute atomic E-state index is 12.4. The molecule has 24 heavy (non-hydrogen) atoms. The zero-order chi connectivity index (χ0) is 17.7. The Morgan fingerprint density at radius 2 is 1.83 bits per heavy atom. The predicted octanol–water partition coefficient (Wildman–Crippen LogP) is 2.87. The minimum atomic E-state index is -0.661. The van der Waals surface area contributed by atoms with Gasteiger partial charge in [0.15, 0.2) is 0 Å². The standard InChI is InChI=1S/C18H23N3O3/c1-11-6-4-5-7-14(11)15(21-18(19)23)10-17(22)20-13(3)16-9-8-12(2)24-16/h4-9,13,15H,10H2,1-3H3,(H,20,22)(H3,19,21,23). The smallest absolute Gasteiger partial charge is 0.312 e. The van der Waals surface area contributed by atoms with E-state index >= 15 is 0 Å². The van der Waals surface area contributed by atoms with Crippen LogP contribution in [-0.2, 0) is 4.79 Å². The highest BCUT2D eigenvalue weighted by Crippen LogP contribution is 2.22. The molecule has 2 atom stereocenters. The Hall–Kier alpha value is -2.76. The van der Waals surface area contributed by atoms with E-state index in [4.69, 9.17) is 10.2 Å². The Kier molecular flexibility index (Phi) is 5.63. The number of nitrogens with one attached hydrogen (secondary N) is 2. The molecule has 6 heteroatoms. The molecule has 1 aromatic heterocycles. The van der Waals surface area contributed by atoms with Gasteiger partial charge >= 0.3 is 6.03 Å². The highest BCUT2D eigenvalue weighted by atomic mass is 16.3. The molecule has 3 amide bonds. The topological polar surface area (TPSA) is 97.4 Å². The molecule has 1 heterocycles. The molecule has 0 bridgehead atoms. The summed E-state index contributed by atoms with van der Waals surface area (Å²) >= 11 is 0. The van der Waals surface area contributed by atoms with Crippen molar-refractivity contribution in [1.82, 2.24) is 10.6 Å². The second-order valence-corrected chi connectivity index (χ2v) is 5.86. The number of urea groups is 1. The Bertz CT molecular complexity index is 724. The van der Waals surface area contributed by atoms with E-state index in [1.807, 2.05) is 57.2 Å². The monoisotopic (exact) mass is 329 g/mol. The number of nitrogens with two attached hydrogens (primary N) is 1. The summed E-state index contributed by atoms with van der Waals surface area (Å²) in [7, 11) is 0. The lowest BCUT2D eigenvalue weighted by molar-refractivity contribution is -0.122. The van der Waals surface area contributed by atoms with Crippen LogP contribution in [0.5, 0.6) is 0 Å². The van der Waals surface area contributed by atoms with Crippen LogP contribution in [0.2, 0.25) is 0 Å². The molecule has 0 fully saturated rings. The summed E-state index contributed by atoms with van der Waals surface area (Å²) in [5.74, 6) is 1.29. The molecule has 128 valence electrons. The summed E-state index contributed by atoms with van der Waals surface area (Å²) in [5.41, 5.74) is 7.11. The Morgan fingerprint density at radius 1 is 1.12 bits per heavy atom. The van der Waals surface area contributed by atoms with Crippen LogP contribution < -0.4 is 16.4 Å². The van der Waals surface area contributed by atoms with E-state index in [1.165, 1.54) is 0 Å². The fourth-order valence-electron chi connectivity index (χ4n) is 2.63. The highest BCUT2D eigenvalue weighted by Gasteiger charge is 2.21. The normalized spacial score (nSPS) is 13.1. The van der Waals surface area contributed by atoms with Crippen molar-refractivity contribution in [2.45, 2.75) is 39.3 Å². The second-order valence-electron chi connectivity index (χ2n) is 5.86. The fraction of sp³-hybridized carbons (Fsp3) is 0.333. The molecule has 2 rings (SSSR count). The van der Waals surface area contributed by atoms with Crippen LogP contribution in [-0.4, -0.2) is 11.9 Å². The van der Waals surface area contributed by atoms with E-state index < -0.39 is 12.1 Å². The molecule has 1 aromatic carbocycles. The Balaban J connectivity index is 2.07. The summed E-state index contributed by atoms with van der Waals surface area (Å²) in [6.45, 7) is 5.63. The molecular formula is C18H23N3O3. The van der Waals surface area contributed by atoms with Gasteiger partial charge in [-0.1, -0.05) is 24.3 Å². The number of benzene rings is 1. The molecule has 0 saturated carbocycles. The quantitative estimate of drug-likeness (QED) is 0.760. The number of furan rings is 1. The van der Waals surface area contributed by atoms with Crippen molar-refractivity contribution < 1.29 is 14.0 Å². The summed E-state index contributed by atoms with van der Waals surface area (Å²) in [6, 6.07) is 9.87. The van der Waals surface area contributed by atoms with Crippen molar-refractivity contribution in [1.29, 1.82) is 0 Å². The minimum Gasteiger partial charge on any atom is -0.464 e. The van der Waals surface area contributed by atoms with Gasteiger partial charge in [0.1, 0.15) is 11.5 Å². The minimum absolute atomic E-state index is 0.0951. The van der Waals surface area contributed by atoms with E-state index in [-0.39, 0.29) is 18.4 Å². The van der Waals surface area contributed by atoms with Crippen molar-refractivity contribution in [2.24, 2.45) is 5.73 Å². The number of rotatable bonds is 6. The van der Waals surface area contributed by atoms with Crippen LogP contribution in [0.1, 0.15) is 48.1 Å². The van der Waals surface area contributed by atoms with Crippen LogP contribution >= 0.6 is 0 Å². The van der Waals surface area contributed by atoms with Gasteiger partial charge in [0.25, 0.3) is 0 Å². The number of primary amides is 1. The van der Waals surface area contributed by atoms with Gasteiger partial charge in [-0.15, -0.1) is 0 Å². The molecule has 0 spiro atoms. The van der Waals surface area contributed by atoms with Crippen molar-refractivity contribution in [3.8, 4) is 0 Å². The predicted molar refractivity (Wildman–Crippen MR) is 91.3 cm³/mol. The lowest BCUT2D eigenvalue weighted by Crippen LogP contribution is -2.37. The molecule has 0 aliphatic heterocycles. The average molecular weight is 329 g/mol. The van der Waals surface area contributed by atoms with Crippen LogP contribution in [0.15, 0.2) is 40.8 Å². The molecule has 0 aliphatic rings. The average Bonchev–Trinajstić information content (AvgIpc) is 2.93. The molecule has 0 aliphatic carbocycles. The van der Waals surface area contributed by atoms with Gasteiger partial charge < -0.3 is 20.8 Å². The van der Waals surface area contributed by atoms with E-state index in [1.54, 1.807) is 0 Å². The SMILES string of the molecule is Cc1ccc(C(C)NC(=O)CC(NC(N)=O)c2ccccc2C)o1. The first kappa shape index (κ1) is 17.6. The Labute approximate surface area is 141 Å². The first-order valence-electron chi connectivity index (χ1n) is 7.84.